The fourth-order valence-corrected chi connectivity index (χ4v) is 2.80. The van der Waals surface area contributed by atoms with E-state index in [4.69, 9.17) is 4.74 Å². The maximum atomic E-state index is 12.5. The first-order chi connectivity index (χ1) is 12.0. The van der Waals surface area contributed by atoms with Crippen LogP contribution in [0.3, 0.4) is 0 Å². The van der Waals surface area contributed by atoms with Crippen LogP contribution in [0.1, 0.15) is 11.5 Å². The van der Waals surface area contributed by atoms with Gasteiger partial charge in [0.05, 0.1) is 12.8 Å². The second kappa shape index (κ2) is 6.80. The van der Waals surface area contributed by atoms with Gasteiger partial charge in [0.25, 0.3) is 0 Å². The number of rotatable bonds is 5. The standard InChI is InChI=1S/C18H21N5O2/c1-12-17(14-5-7-15(25-4)8-6-14)18(22(3)21-12)20-16(24)11-23-10-9-19-13(23)2/h5-10H,11H2,1-4H3,(H,20,24). The van der Waals surface area contributed by atoms with Crippen molar-refractivity contribution in [3.63, 3.8) is 0 Å². The van der Waals surface area contributed by atoms with Gasteiger partial charge in [0, 0.05) is 25.0 Å². The Balaban J connectivity index is 1.88. The number of anilines is 1. The lowest BCUT2D eigenvalue weighted by Gasteiger charge is -2.10. The summed E-state index contributed by atoms with van der Waals surface area (Å²) in [6.45, 7) is 4.00. The highest BCUT2D eigenvalue weighted by Crippen LogP contribution is 2.32. The van der Waals surface area contributed by atoms with Crippen LogP contribution >= 0.6 is 0 Å². The Labute approximate surface area is 146 Å². The molecule has 0 saturated heterocycles. The Morgan fingerprint density at radius 2 is 1.96 bits per heavy atom. The molecule has 0 saturated carbocycles. The lowest BCUT2D eigenvalue weighted by Crippen LogP contribution is -2.21. The Morgan fingerprint density at radius 1 is 1.24 bits per heavy atom. The largest absolute Gasteiger partial charge is 0.497 e. The molecular weight excluding hydrogens is 318 g/mol. The zero-order chi connectivity index (χ0) is 18.0. The van der Waals surface area contributed by atoms with Crippen LogP contribution in [0.15, 0.2) is 36.7 Å². The van der Waals surface area contributed by atoms with Gasteiger partial charge in [0.1, 0.15) is 23.9 Å². The minimum absolute atomic E-state index is 0.126. The SMILES string of the molecule is COc1ccc(-c2c(C)nn(C)c2NC(=O)Cn2ccnc2C)cc1. The highest BCUT2D eigenvalue weighted by atomic mass is 16.5. The van der Waals surface area contributed by atoms with Crippen LogP contribution < -0.4 is 10.1 Å². The Kier molecular flexibility index (Phi) is 4.56. The van der Waals surface area contributed by atoms with Crippen molar-refractivity contribution in [3.05, 3.63) is 48.2 Å². The summed E-state index contributed by atoms with van der Waals surface area (Å²) in [4.78, 5) is 16.6. The van der Waals surface area contributed by atoms with Crippen molar-refractivity contribution >= 4 is 11.7 Å². The molecule has 25 heavy (non-hydrogen) atoms. The maximum absolute atomic E-state index is 12.5. The van der Waals surface area contributed by atoms with Crippen molar-refractivity contribution < 1.29 is 9.53 Å². The Morgan fingerprint density at radius 3 is 2.56 bits per heavy atom. The zero-order valence-corrected chi connectivity index (χ0v) is 14.8. The number of aryl methyl sites for hydroxylation is 3. The van der Waals surface area contributed by atoms with Crippen LogP contribution in [0.5, 0.6) is 5.75 Å². The van der Waals surface area contributed by atoms with Gasteiger partial charge >= 0.3 is 0 Å². The minimum atomic E-state index is -0.126. The highest BCUT2D eigenvalue weighted by molar-refractivity contribution is 5.94. The van der Waals surface area contributed by atoms with Gasteiger partial charge in [-0.2, -0.15) is 5.10 Å². The quantitative estimate of drug-likeness (QED) is 0.775. The van der Waals surface area contributed by atoms with E-state index in [1.54, 1.807) is 28.8 Å². The summed E-state index contributed by atoms with van der Waals surface area (Å²) in [5.74, 6) is 2.13. The number of ether oxygens (including phenoxy) is 1. The molecule has 7 heteroatoms. The second-order valence-electron chi connectivity index (χ2n) is 5.81. The van der Waals surface area contributed by atoms with Gasteiger partial charge < -0.3 is 14.6 Å². The molecule has 2 aromatic heterocycles. The third-order valence-electron chi connectivity index (χ3n) is 4.10. The van der Waals surface area contributed by atoms with Gasteiger partial charge in [-0.05, 0) is 31.5 Å². The molecule has 0 aliphatic carbocycles. The van der Waals surface area contributed by atoms with Gasteiger partial charge in [0.2, 0.25) is 5.91 Å². The summed E-state index contributed by atoms with van der Waals surface area (Å²) in [5, 5.41) is 7.42. The summed E-state index contributed by atoms with van der Waals surface area (Å²) < 4.78 is 8.69. The molecule has 3 aromatic rings. The number of aromatic nitrogens is 4. The van der Waals surface area contributed by atoms with Crippen molar-refractivity contribution in [2.45, 2.75) is 20.4 Å². The lowest BCUT2D eigenvalue weighted by molar-refractivity contribution is -0.116. The number of hydrogen-bond acceptors (Lipinski definition) is 4. The maximum Gasteiger partial charge on any atom is 0.245 e. The zero-order valence-electron chi connectivity index (χ0n) is 14.8. The molecular formula is C18H21N5O2. The van der Waals surface area contributed by atoms with Crippen LogP contribution in [0.4, 0.5) is 5.82 Å². The van der Waals surface area contributed by atoms with Crippen molar-refractivity contribution in [1.29, 1.82) is 0 Å². The number of nitrogens with one attached hydrogen (secondary N) is 1. The first-order valence-corrected chi connectivity index (χ1v) is 7.95. The fourth-order valence-electron chi connectivity index (χ4n) is 2.80. The average molecular weight is 339 g/mol. The molecule has 7 nitrogen and oxygen atoms in total. The first-order valence-electron chi connectivity index (χ1n) is 7.95. The summed E-state index contributed by atoms with van der Waals surface area (Å²) >= 11 is 0. The van der Waals surface area contributed by atoms with Gasteiger partial charge in [-0.1, -0.05) is 12.1 Å². The second-order valence-corrected chi connectivity index (χ2v) is 5.81. The van der Waals surface area contributed by atoms with Crippen LogP contribution in [0, 0.1) is 13.8 Å². The number of nitrogens with zero attached hydrogens (tertiary/aromatic N) is 4. The van der Waals surface area contributed by atoms with E-state index < -0.39 is 0 Å². The fraction of sp³-hybridized carbons (Fsp3) is 0.278. The number of carbonyl (C=O) groups is 1. The molecule has 0 radical (unpaired) electrons. The van der Waals surface area contributed by atoms with E-state index in [0.717, 1.165) is 28.4 Å². The molecule has 2 heterocycles. The summed E-state index contributed by atoms with van der Waals surface area (Å²) in [7, 11) is 3.45. The molecule has 3 rings (SSSR count). The highest BCUT2D eigenvalue weighted by Gasteiger charge is 2.18. The number of hydrogen-bond donors (Lipinski definition) is 1. The summed E-state index contributed by atoms with van der Waals surface area (Å²) in [6, 6.07) is 7.70. The molecule has 0 aliphatic heterocycles. The van der Waals surface area contributed by atoms with Crippen LogP contribution in [-0.4, -0.2) is 32.3 Å². The smallest absolute Gasteiger partial charge is 0.245 e. The number of benzene rings is 1. The normalized spacial score (nSPS) is 10.7. The Bertz CT molecular complexity index is 893. The van der Waals surface area contributed by atoms with E-state index in [9.17, 15) is 4.79 Å². The molecule has 0 spiro atoms. The van der Waals surface area contributed by atoms with Gasteiger partial charge in [-0.15, -0.1) is 0 Å². The number of carbonyl (C=O) groups excluding carboxylic acids is 1. The predicted octanol–water partition coefficient (Wildman–Crippen LogP) is 2.55. The van der Waals surface area contributed by atoms with Crippen molar-refractivity contribution in [1.82, 2.24) is 19.3 Å². The predicted molar refractivity (Wildman–Crippen MR) is 95.5 cm³/mol. The van der Waals surface area contributed by atoms with Crippen molar-refractivity contribution in [2.24, 2.45) is 7.05 Å². The van der Waals surface area contributed by atoms with Gasteiger partial charge in [-0.25, -0.2) is 4.98 Å². The van der Waals surface area contributed by atoms with E-state index in [1.807, 2.05) is 45.2 Å². The molecule has 0 atom stereocenters. The molecule has 1 N–H and O–H groups in total. The van der Waals surface area contributed by atoms with Crippen LogP contribution in [-0.2, 0) is 18.4 Å². The van der Waals surface area contributed by atoms with Gasteiger partial charge in [0.15, 0.2) is 0 Å². The number of imidazole rings is 1. The monoisotopic (exact) mass is 339 g/mol. The van der Waals surface area contributed by atoms with E-state index >= 15 is 0 Å². The third-order valence-corrected chi connectivity index (χ3v) is 4.10. The number of amides is 1. The Hall–Kier alpha value is -3.09. The van der Waals surface area contributed by atoms with E-state index in [2.05, 4.69) is 15.4 Å². The first kappa shape index (κ1) is 16.8. The topological polar surface area (TPSA) is 74.0 Å². The van der Waals surface area contributed by atoms with Crippen molar-refractivity contribution in [3.8, 4) is 16.9 Å². The summed E-state index contributed by atoms with van der Waals surface area (Å²) in [6.07, 6.45) is 3.47. The van der Waals surface area contributed by atoms with Crippen LogP contribution in [0.2, 0.25) is 0 Å². The van der Waals surface area contributed by atoms with Crippen LogP contribution in [0.25, 0.3) is 11.1 Å². The van der Waals surface area contributed by atoms with Crippen molar-refractivity contribution in [2.75, 3.05) is 12.4 Å². The minimum Gasteiger partial charge on any atom is -0.497 e. The molecule has 0 aliphatic rings. The van der Waals surface area contributed by atoms with E-state index in [0.29, 0.717) is 5.82 Å². The molecule has 0 unspecified atom stereocenters. The molecule has 0 fully saturated rings. The van der Waals surface area contributed by atoms with E-state index in [1.165, 1.54) is 0 Å². The molecule has 130 valence electrons. The lowest BCUT2D eigenvalue weighted by atomic mass is 10.1. The number of methoxy groups -OCH3 is 1. The third kappa shape index (κ3) is 3.40. The van der Waals surface area contributed by atoms with Gasteiger partial charge in [-0.3, -0.25) is 9.48 Å². The molecule has 1 amide bonds. The summed E-state index contributed by atoms with van der Waals surface area (Å²) in [5.41, 5.74) is 2.73. The molecule has 0 bridgehead atoms. The molecule has 1 aromatic carbocycles. The van der Waals surface area contributed by atoms with E-state index in [-0.39, 0.29) is 12.5 Å². The average Bonchev–Trinajstić information content (AvgIpc) is 3.11.